The quantitative estimate of drug-likeness (QED) is 0.816. The van der Waals surface area contributed by atoms with Crippen LogP contribution in [0.1, 0.15) is 31.2 Å². The van der Waals surface area contributed by atoms with Crippen molar-refractivity contribution in [1.82, 2.24) is 5.32 Å². The topological polar surface area (TPSA) is 35.9 Å². The Balaban J connectivity index is 2.06. The lowest BCUT2D eigenvalue weighted by molar-refractivity contribution is 0.521. The molecule has 1 aromatic rings. The van der Waals surface area contributed by atoms with Crippen molar-refractivity contribution in [2.75, 3.05) is 0 Å². The van der Waals surface area contributed by atoms with Crippen molar-refractivity contribution in [3.8, 4) is 0 Å². The van der Waals surface area contributed by atoms with Crippen molar-refractivity contribution in [2.45, 2.75) is 38.1 Å². The van der Waals surface area contributed by atoms with Crippen LogP contribution >= 0.6 is 0 Å². The van der Waals surface area contributed by atoms with Crippen molar-refractivity contribution in [1.29, 1.82) is 5.41 Å². The Labute approximate surface area is 99.5 Å². The molecule has 1 unspecified atom stereocenters. The lowest BCUT2D eigenvalue weighted by Crippen LogP contribution is -2.34. The van der Waals surface area contributed by atoms with Gasteiger partial charge in [-0.2, -0.15) is 0 Å². The van der Waals surface area contributed by atoms with Gasteiger partial charge < -0.3 is 5.32 Å². The average Bonchev–Trinajstić information content (AvgIpc) is 2.47. The monoisotopic (exact) mass is 238 g/mol. The number of hydrogen-bond acceptors (Lipinski definition) is 1. The van der Waals surface area contributed by atoms with Gasteiger partial charge in [-0.3, -0.25) is 5.41 Å². The Morgan fingerprint density at radius 1 is 1.29 bits per heavy atom. The van der Waals surface area contributed by atoms with Crippen LogP contribution in [0.2, 0.25) is 0 Å². The van der Waals surface area contributed by atoms with Gasteiger partial charge in [0.15, 0.2) is 0 Å². The van der Waals surface area contributed by atoms with E-state index in [9.17, 15) is 8.78 Å². The maximum absolute atomic E-state index is 13.5. The Morgan fingerprint density at radius 3 is 2.88 bits per heavy atom. The SMILES string of the molecule is N=C1CCCCC(Cc2ccc(F)cc2F)N1. The first-order chi connectivity index (χ1) is 8.15. The van der Waals surface area contributed by atoms with Crippen LogP contribution in [0.15, 0.2) is 18.2 Å². The highest BCUT2D eigenvalue weighted by Crippen LogP contribution is 2.16. The van der Waals surface area contributed by atoms with Gasteiger partial charge in [-0.15, -0.1) is 0 Å². The zero-order chi connectivity index (χ0) is 12.3. The maximum Gasteiger partial charge on any atom is 0.129 e. The van der Waals surface area contributed by atoms with Crippen LogP contribution in [0.3, 0.4) is 0 Å². The van der Waals surface area contributed by atoms with Gasteiger partial charge in [0, 0.05) is 18.5 Å². The molecular formula is C13H16F2N2. The number of benzene rings is 1. The molecule has 1 saturated heterocycles. The second-order valence-electron chi connectivity index (χ2n) is 4.51. The fraction of sp³-hybridized carbons (Fsp3) is 0.462. The number of nitrogens with one attached hydrogen (secondary N) is 2. The van der Waals surface area contributed by atoms with E-state index in [1.54, 1.807) is 0 Å². The third kappa shape index (κ3) is 3.25. The van der Waals surface area contributed by atoms with Gasteiger partial charge in [-0.05, 0) is 30.9 Å². The molecule has 0 spiro atoms. The molecule has 2 nitrogen and oxygen atoms in total. The molecule has 0 saturated carbocycles. The van der Waals surface area contributed by atoms with Gasteiger partial charge in [0.2, 0.25) is 0 Å². The molecule has 1 fully saturated rings. The lowest BCUT2D eigenvalue weighted by Gasteiger charge is -2.17. The van der Waals surface area contributed by atoms with E-state index < -0.39 is 11.6 Å². The molecule has 2 N–H and O–H groups in total. The first kappa shape index (κ1) is 12.0. The number of halogens is 2. The normalized spacial score (nSPS) is 20.8. The molecule has 4 heteroatoms. The van der Waals surface area contributed by atoms with Gasteiger partial charge in [0.25, 0.3) is 0 Å². The summed E-state index contributed by atoms with van der Waals surface area (Å²) in [6.07, 6.45) is 4.26. The van der Waals surface area contributed by atoms with Crippen molar-refractivity contribution < 1.29 is 8.78 Å². The van der Waals surface area contributed by atoms with Crippen molar-refractivity contribution in [3.63, 3.8) is 0 Å². The van der Waals surface area contributed by atoms with E-state index in [4.69, 9.17) is 5.41 Å². The highest BCUT2D eigenvalue weighted by atomic mass is 19.1. The summed E-state index contributed by atoms with van der Waals surface area (Å²) in [5.41, 5.74) is 0.513. The molecule has 2 rings (SSSR count). The van der Waals surface area contributed by atoms with E-state index >= 15 is 0 Å². The minimum Gasteiger partial charge on any atom is -0.371 e. The van der Waals surface area contributed by atoms with E-state index in [1.165, 1.54) is 12.1 Å². The summed E-state index contributed by atoms with van der Waals surface area (Å²) in [4.78, 5) is 0. The van der Waals surface area contributed by atoms with Gasteiger partial charge in [0.1, 0.15) is 11.6 Å². The highest BCUT2D eigenvalue weighted by molar-refractivity contribution is 5.79. The van der Waals surface area contributed by atoms with E-state index in [0.717, 1.165) is 31.7 Å². The smallest absolute Gasteiger partial charge is 0.129 e. The van der Waals surface area contributed by atoms with E-state index in [2.05, 4.69) is 5.32 Å². The lowest BCUT2D eigenvalue weighted by atomic mass is 10.0. The van der Waals surface area contributed by atoms with Crippen molar-refractivity contribution in [2.24, 2.45) is 0 Å². The predicted octanol–water partition coefficient (Wildman–Crippen LogP) is 3.02. The summed E-state index contributed by atoms with van der Waals surface area (Å²) in [5.74, 6) is -0.523. The van der Waals surface area contributed by atoms with Gasteiger partial charge in [-0.1, -0.05) is 12.5 Å². The molecule has 0 aromatic heterocycles. The molecule has 0 radical (unpaired) electrons. The minimum atomic E-state index is -0.548. The average molecular weight is 238 g/mol. The molecule has 0 aliphatic carbocycles. The van der Waals surface area contributed by atoms with E-state index in [-0.39, 0.29) is 6.04 Å². The summed E-state index contributed by atoms with van der Waals surface area (Å²) < 4.78 is 26.2. The van der Waals surface area contributed by atoms with E-state index in [0.29, 0.717) is 17.8 Å². The van der Waals surface area contributed by atoms with Crippen LogP contribution in [0.5, 0.6) is 0 Å². The van der Waals surface area contributed by atoms with Gasteiger partial charge in [-0.25, -0.2) is 8.78 Å². The van der Waals surface area contributed by atoms with Crippen LogP contribution in [-0.2, 0) is 6.42 Å². The molecule has 1 heterocycles. The molecule has 17 heavy (non-hydrogen) atoms. The summed E-state index contributed by atoms with van der Waals surface area (Å²) in [7, 11) is 0. The highest BCUT2D eigenvalue weighted by Gasteiger charge is 2.16. The molecule has 0 amide bonds. The fourth-order valence-electron chi connectivity index (χ4n) is 2.19. The van der Waals surface area contributed by atoms with Gasteiger partial charge in [0.05, 0.1) is 5.84 Å². The Kier molecular flexibility index (Phi) is 3.71. The minimum absolute atomic E-state index is 0.0879. The first-order valence-corrected chi connectivity index (χ1v) is 5.93. The summed E-state index contributed by atoms with van der Waals surface area (Å²) in [6, 6.07) is 3.77. The molecule has 1 aliphatic rings. The van der Waals surface area contributed by atoms with Crippen LogP contribution < -0.4 is 5.32 Å². The first-order valence-electron chi connectivity index (χ1n) is 5.93. The Bertz CT molecular complexity index is 418. The van der Waals surface area contributed by atoms with Crippen LogP contribution in [-0.4, -0.2) is 11.9 Å². The van der Waals surface area contributed by atoms with Crippen molar-refractivity contribution >= 4 is 5.84 Å². The Morgan fingerprint density at radius 2 is 2.12 bits per heavy atom. The summed E-state index contributed by atoms with van der Waals surface area (Å²) in [6.45, 7) is 0. The molecule has 0 bridgehead atoms. The maximum atomic E-state index is 13.5. The zero-order valence-electron chi connectivity index (χ0n) is 9.60. The second kappa shape index (κ2) is 5.25. The molecule has 92 valence electrons. The summed E-state index contributed by atoms with van der Waals surface area (Å²) in [5, 5.41) is 10.7. The molecule has 1 atom stereocenters. The van der Waals surface area contributed by atoms with Crippen LogP contribution in [0.4, 0.5) is 8.78 Å². The van der Waals surface area contributed by atoms with E-state index in [1.807, 2.05) is 0 Å². The summed E-state index contributed by atoms with van der Waals surface area (Å²) >= 11 is 0. The number of hydrogen-bond donors (Lipinski definition) is 2. The second-order valence-corrected chi connectivity index (χ2v) is 4.51. The third-order valence-electron chi connectivity index (χ3n) is 3.09. The fourth-order valence-corrected chi connectivity index (χ4v) is 2.19. The predicted molar refractivity (Wildman–Crippen MR) is 63.2 cm³/mol. The number of amidine groups is 1. The Hall–Kier alpha value is -1.45. The van der Waals surface area contributed by atoms with Crippen LogP contribution in [0, 0.1) is 17.0 Å². The molecule has 1 aliphatic heterocycles. The standard InChI is InChI=1S/C13H16F2N2/c14-10-6-5-9(12(15)8-10)7-11-3-1-2-4-13(16)17-11/h5-6,8,11H,1-4,7H2,(H2,16,17). The van der Waals surface area contributed by atoms with Crippen molar-refractivity contribution in [3.05, 3.63) is 35.4 Å². The molecule has 1 aromatic carbocycles. The van der Waals surface area contributed by atoms with Crippen LogP contribution in [0.25, 0.3) is 0 Å². The van der Waals surface area contributed by atoms with Gasteiger partial charge >= 0.3 is 0 Å². The largest absolute Gasteiger partial charge is 0.371 e. The molecular weight excluding hydrogens is 222 g/mol. The number of rotatable bonds is 2. The zero-order valence-corrected chi connectivity index (χ0v) is 9.60. The third-order valence-corrected chi connectivity index (χ3v) is 3.09.